The second kappa shape index (κ2) is 13.6. The van der Waals surface area contributed by atoms with Crippen molar-refractivity contribution < 1.29 is 28.8 Å². The quantitative estimate of drug-likeness (QED) is 0.324. The van der Waals surface area contributed by atoms with Crippen molar-refractivity contribution in [1.29, 1.82) is 0 Å². The van der Waals surface area contributed by atoms with Crippen molar-refractivity contribution in [1.82, 2.24) is 4.90 Å². The highest BCUT2D eigenvalue weighted by atomic mass is 16.5. The number of phenols is 1. The van der Waals surface area contributed by atoms with Gasteiger partial charge in [-0.25, -0.2) is 4.79 Å². The first-order valence-electron chi connectivity index (χ1n) is 11.4. The highest BCUT2D eigenvalue weighted by Gasteiger charge is 2.18. The molecule has 0 aliphatic rings. The summed E-state index contributed by atoms with van der Waals surface area (Å²) in [6, 6.07) is 11.0. The molecule has 0 saturated heterocycles. The van der Waals surface area contributed by atoms with Gasteiger partial charge in [0.05, 0.1) is 33.5 Å². The molecule has 2 rings (SSSR count). The fourth-order valence-electron chi connectivity index (χ4n) is 3.81. The molecule has 0 saturated carbocycles. The summed E-state index contributed by atoms with van der Waals surface area (Å²) >= 11 is 0. The Bertz CT molecular complexity index is 843. The third-order valence-electron chi connectivity index (χ3n) is 5.57. The van der Waals surface area contributed by atoms with Crippen LogP contribution < -0.4 is 14.2 Å². The molecule has 0 aliphatic carbocycles. The summed E-state index contributed by atoms with van der Waals surface area (Å²) in [5, 5.41) is 9.47. The zero-order chi connectivity index (χ0) is 24.2. The van der Waals surface area contributed by atoms with Crippen LogP contribution in [0.4, 0.5) is 0 Å². The average Bonchev–Trinajstić information content (AvgIpc) is 2.83. The Balaban J connectivity index is 1.83. The Morgan fingerprint density at radius 2 is 1.61 bits per heavy atom. The molecule has 7 nitrogen and oxygen atoms in total. The summed E-state index contributed by atoms with van der Waals surface area (Å²) in [5.74, 6) is 1.15. The summed E-state index contributed by atoms with van der Waals surface area (Å²) in [5.41, 5.74) is 1.57. The number of aromatic hydroxyl groups is 1. The van der Waals surface area contributed by atoms with E-state index in [0.717, 1.165) is 38.8 Å². The van der Waals surface area contributed by atoms with Crippen molar-refractivity contribution in [3.8, 4) is 23.0 Å². The monoisotopic (exact) mass is 459 g/mol. The summed E-state index contributed by atoms with van der Waals surface area (Å²) in [7, 11) is 4.54. The molecule has 182 valence electrons. The van der Waals surface area contributed by atoms with Crippen molar-refractivity contribution in [2.75, 3.05) is 41.0 Å². The van der Waals surface area contributed by atoms with Gasteiger partial charge in [-0.05, 0) is 75.5 Å². The van der Waals surface area contributed by atoms with Crippen LogP contribution in [0.2, 0.25) is 0 Å². The van der Waals surface area contributed by atoms with Crippen LogP contribution in [-0.2, 0) is 11.2 Å². The SMILES string of the molecule is CCCN(CCCCOC(=O)c1cc(OC)c(OC)c(OC)c1)C(C)Cc1ccc(O)cc1. The Hall–Kier alpha value is -2.93. The van der Waals surface area contributed by atoms with E-state index in [1.165, 1.54) is 26.9 Å². The summed E-state index contributed by atoms with van der Waals surface area (Å²) < 4.78 is 21.4. The number of benzene rings is 2. The van der Waals surface area contributed by atoms with Gasteiger partial charge in [0, 0.05) is 6.04 Å². The molecule has 1 unspecified atom stereocenters. The molecule has 0 heterocycles. The van der Waals surface area contributed by atoms with Gasteiger partial charge in [0.15, 0.2) is 11.5 Å². The van der Waals surface area contributed by atoms with E-state index < -0.39 is 5.97 Å². The van der Waals surface area contributed by atoms with Gasteiger partial charge in [0.2, 0.25) is 5.75 Å². The molecule has 2 aromatic carbocycles. The lowest BCUT2D eigenvalue weighted by atomic mass is 10.1. The van der Waals surface area contributed by atoms with Crippen LogP contribution >= 0.6 is 0 Å². The second-order valence-electron chi connectivity index (χ2n) is 8.01. The Labute approximate surface area is 197 Å². The zero-order valence-electron chi connectivity index (χ0n) is 20.4. The van der Waals surface area contributed by atoms with Crippen molar-refractivity contribution in [3.05, 3.63) is 47.5 Å². The van der Waals surface area contributed by atoms with Crippen LogP contribution in [0.5, 0.6) is 23.0 Å². The first-order chi connectivity index (χ1) is 15.9. The predicted molar refractivity (Wildman–Crippen MR) is 129 cm³/mol. The summed E-state index contributed by atoms with van der Waals surface area (Å²) in [4.78, 5) is 15.0. The Morgan fingerprint density at radius 1 is 0.970 bits per heavy atom. The summed E-state index contributed by atoms with van der Waals surface area (Å²) in [6.45, 7) is 6.72. The van der Waals surface area contributed by atoms with Gasteiger partial charge in [-0.15, -0.1) is 0 Å². The van der Waals surface area contributed by atoms with Gasteiger partial charge in [-0.2, -0.15) is 0 Å². The van der Waals surface area contributed by atoms with Crippen molar-refractivity contribution >= 4 is 5.97 Å². The maximum atomic E-state index is 12.5. The molecule has 0 bridgehead atoms. The van der Waals surface area contributed by atoms with E-state index in [-0.39, 0.29) is 5.75 Å². The molecule has 33 heavy (non-hydrogen) atoms. The molecule has 0 spiro atoms. The number of ether oxygens (including phenoxy) is 4. The number of rotatable bonds is 14. The van der Waals surface area contributed by atoms with Crippen LogP contribution in [0, 0.1) is 0 Å². The molecule has 7 heteroatoms. The minimum atomic E-state index is -0.416. The standard InChI is InChI=1S/C26H37NO6/c1-6-13-27(19(2)16-20-9-11-22(28)12-10-20)14-7-8-15-33-26(29)21-17-23(30-3)25(32-5)24(18-21)31-4/h9-12,17-19,28H,6-8,13-16H2,1-5H3. The van der Waals surface area contributed by atoms with E-state index in [1.807, 2.05) is 12.1 Å². The molecule has 0 radical (unpaired) electrons. The number of hydrogen-bond acceptors (Lipinski definition) is 7. The molecule has 1 N–H and O–H groups in total. The fraction of sp³-hybridized carbons (Fsp3) is 0.500. The summed E-state index contributed by atoms with van der Waals surface area (Å²) in [6.07, 6.45) is 3.72. The topological polar surface area (TPSA) is 77.5 Å². The van der Waals surface area contributed by atoms with Gasteiger partial charge < -0.3 is 29.0 Å². The molecule has 2 aromatic rings. The van der Waals surface area contributed by atoms with Crippen LogP contribution in [0.15, 0.2) is 36.4 Å². The first kappa shape index (κ1) is 26.3. The van der Waals surface area contributed by atoms with Crippen molar-refractivity contribution in [2.45, 2.75) is 45.6 Å². The lowest BCUT2D eigenvalue weighted by molar-refractivity contribution is 0.0492. The predicted octanol–water partition coefficient (Wildman–Crippen LogP) is 4.70. The van der Waals surface area contributed by atoms with Crippen molar-refractivity contribution in [2.24, 2.45) is 0 Å². The van der Waals surface area contributed by atoms with Crippen LogP contribution in [-0.4, -0.2) is 63.0 Å². The van der Waals surface area contributed by atoms with E-state index >= 15 is 0 Å². The normalized spacial score (nSPS) is 11.8. The molecule has 0 aliphatic heterocycles. The number of unbranched alkanes of at least 4 members (excludes halogenated alkanes) is 1. The number of nitrogens with zero attached hydrogens (tertiary/aromatic N) is 1. The Kier molecular flexibility index (Phi) is 10.8. The molecule has 0 fully saturated rings. The highest BCUT2D eigenvalue weighted by molar-refractivity contribution is 5.91. The van der Waals surface area contributed by atoms with E-state index in [9.17, 15) is 9.90 Å². The van der Waals surface area contributed by atoms with E-state index in [1.54, 1.807) is 24.3 Å². The number of phenolic OH excluding ortho intramolecular Hbond substituents is 1. The first-order valence-corrected chi connectivity index (χ1v) is 11.4. The minimum Gasteiger partial charge on any atom is -0.508 e. The molecule has 0 amide bonds. The second-order valence-corrected chi connectivity index (χ2v) is 8.01. The van der Waals surface area contributed by atoms with E-state index in [4.69, 9.17) is 18.9 Å². The third-order valence-corrected chi connectivity index (χ3v) is 5.57. The number of carbonyl (C=O) groups is 1. The number of esters is 1. The van der Waals surface area contributed by atoms with Crippen molar-refractivity contribution in [3.63, 3.8) is 0 Å². The highest BCUT2D eigenvalue weighted by Crippen LogP contribution is 2.38. The van der Waals surface area contributed by atoms with E-state index in [0.29, 0.717) is 35.5 Å². The maximum absolute atomic E-state index is 12.5. The maximum Gasteiger partial charge on any atom is 0.338 e. The third kappa shape index (κ3) is 7.86. The van der Waals surface area contributed by atoms with Crippen LogP contribution in [0.1, 0.15) is 49.0 Å². The van der Waals surface area contributed by atoms with Gasteiger partial charge in [-0.3, -0.25) is 0 Å². The lowest BCUT2D eigenvalue weighted by Crippen LogP contribution is -2.36. The fourth-order valence-corrected chi connectivity index (χ4v) is 3.81. The molecular weight excluding hydrogens is 422 g/mol. The Morgan fingerprint density at radius 3 is 2.15 bits per heavy atom. The number of hydrogen-bond donors (Lipinski definition) is 1. The van der Waals surface area contributed by atoms with Gasteiger partial charge >= 0.3 is 5.97 Å². The minimum absolute atomic E-state index is 0.290. The van der Waals surface area contributed by atoms with E-state index in [2.05, 4.69) is 18.7 Å². The number of carbonyl (C=O) groups excluding carboxylic acids is 1. The smallest absolute Gasteiger partial charge is 0.338 e. The molecular formula is C26H37NO6. The lowest BCUT2D eigenvalue weighted by Gasteiger charge is -2.29. The molecule has 1 atom stereocenters. The number of methoxy groups -OCH3 is 3. The van der Waals surface area contributed by atoms with Gasteiger partial charge in [0.1, 0.15) is 5.75 Å². The van der Waals surface area contributed by atoms with Crippen LogP contribution in [0.25, 0.3) is 0 Å². The van der Waals surface area contributed by atoms with Gasteiger partial charge in [-0.1, -0.05) is 19.1 Å². The van der Waals surface area contributed by atoms with Crippen LogP contribution in [0.3, 0.4) is 0 Å². The average molecular weight is 460 g/mol. The molecule has 0 aromatic heterocycles. The van der Waals surface area contributed by atoms with Gasteiger partial charge in [0.25, 0.3) is 0 Å². The zero-order valence-corrected chi connectivity index (χ0v) is 20.4. The largest absolute Gasteiger partial charge is 0.508 e.